The lowest BCUT2D eigenvalue weighted by Gasteiger charge is -2.08. The standard InChI is InChI=1S/C15H15N3O3/c1-10(2)21-15(20)13-5-3-4-12(18-13)14(19)17-11-6-8-16-9-7-11/h3-10H,1-2H3,(H,16,17,19). The van der Waals surface area contributed by atoms with Crippen LogP contribution in [0.1, 0.15) is 34.8 Å². The van der Waals surface area contributed by atoms with Gasteiger partial charge in [0.2, 0.25) is 0 Å². The van der Waals surface area contributed by atoms with Gasteiger partial charge in [-0.15, -0.1) is 0 Å². The first-order valence-corrected chi connectivity index (χ1v) is 6.45. The second-order valence-electron chi connectivity index (χ2n) is 4.55. The first kappa shape index (κ1) is 14.6. The zero-order valence-corrected chi connectivity index (χ0v) is 11.7. The highest BCUT2D eigenvalue weighted by atomic mass is 16.5. The predicted octanol–water partition coefficient (Wildman–Crippen LogP) is 2.29. The number of carbonyl (C=O) groups is 2. The van der Waals surface area contributed by atoms with Crippen LogP contribution < -0.4 is 5.32 Å². The number of anilines is 1. The number of nitrogens with one attached hydrogen (secondary N) is 1. The van der Waals surface area contributed by atoms with Crippen molar-refractivity contribution in [2.45, 2.75) is 20.0 Å². The highest BCUT2D eigenvalue weighted by molar-refractivity contribution is 6.03. The summed E-state index contributed by atoms with van der Waals surface area (Å²) < 4.78 is 5.05. The van der Waals surface area contributed by atoms with Gasteiger partial charge in [0.05, 0.1) is 6.10 Å². The van der Waals surface area contributed by atoms with E-state index in [1.54, 1.807) is 44.4 Å². The molecule has 0 aliphatic carbocycles. The third-order valence-corrected chi connectivity index (χ3v) is 2.47. The average molecular weight is 285 g/mol. The number of ether oxygens (including phenoxy) is 1. The number of rotatable bonds is 4. The predicted molar refractivity (Wildman–Crippen MR) is 77.0 cm³/mol. The van der Waals surface area contributed by atoms with Gasteiger partial charge in [-0.25, -0.2) is 9.78 Å². The SMILES string of the molecule is CC(C)OC(=O)c1cccc(C(=O)Nc2ccncc2)n1. The Labute approximate surface area is 122 Å². The molecule has 0 spiro atoms. The molecule has 0 aromatic carbocycles. The van der Waals surface area contributed by atoms with E-state index in [0.717, 1.165) is 0 Å². The van der Waals surface area contributed by atoms with Crippen LogP contribution in [0.3, 0.4) is 0 Å². The van der Waals surface area contributed by atoms with E-state index in [1.165, 1.54) is 12.1 Å². The Morgan fingerprint density at radius 2 is 1.76 bits per heavy atom. The van der Waals surface area contributed by atoms with Crippen molar-refractivity contribution in [1.29, 1.82) is 0 Å². The fourth-order valence-corrected chi connectivity index (χ4v) is 1.58. The largest absolute Gasteiger partial charge is 0.458 e. The summed E-state index contributed by atoms with van der Waals surface area (Å²) in [5.41, 5.74) is 0.850. The zero-order valence-electron chi connectivity index (χ0n) is 11.7. The Hall–Kier alpha value is -2.76. The van der Waals surface area contributed by atoms with Gasteiger partial charge in [-0.3, -0.25) is 9.78 Å². The lowest BCUT2D eigenvalue weighted by atomic mass is 10.2. The van der Waals surface area contributed by atoms with Crippen molar-refractivity contribution in [2.75, 3.05) is 5.32 Å². The quantitative estimate of drug-likeness (QED) is 0.872. The Morgan fingerprint density at radius 1 is 1.10 bits per heavy atom. The van der Waals surface area contributed by atoms with Gasteiger partial charge in [0.25, 0.3) is 5.91 Å². The third kappa shape index (κ3) is 4.10. The second-order valence-corrected chi connectivity index (χ2v) is 4.55. The van der Waals surface area contributed by atoms with E-state index in [-0.39, 0.29) is 17.5 Å². The molecule has 0 atom stereocenters. The van der Waals surface area contributed by atoms with Crippen LogP contribution in [0, 0.1) is 0 Å². The monoisotopic (exact) mass is 285 g/mol. The Kier molecular flexibility index (Phi) is 4.61. The van der Waals surface area contributed by atoms with Crippen LogP contribution in [0.15, 0.2) is 42.7 Å². The minimum absolute atomic E-state index is 0.103. The molecule has 0 aliphatic heterocycles. The minimum atomic E-state index is -0.552. The van der Waals surface area contributed by atoms with E-state index in [9.17, 15) is 9.59 Å². The summed E-state index contributed by atoms with van der Waals surface area (Å²) in [6.45, 7) is 3.50. The van der Waals surface area contributed by atoms with Crippen LogP contribution in [0.5, 0.6) is 0 Å². The molecule has 2 heterocycles. The van der Waals surface area contributed by atoms with Gasteiger partial charge in [-0.1, -0.05) is 6.07 Å². The number of esters is 1. The van der Waals surface area contributed by atoms with Crippen molar-refractivity contribution in [3.8, 4) is 0 Å². The molecule has 6 nitrogen and oxygen atoms in total. The smallest absolute Gasteiger partial charge is 0.357 e. The van der Waals surface area contributed by atoms with Crippen molar-refractivity contribution < 1.29 is 14.3 Å². The van der Waals surface area contributed by atoms with Crippen molar-refractivity contribution in [3.05, 3.63) is 54.1 Å². The summed E-state index contributed by atoms with van der Waals surface area (Å²) >= 11 is 0. The summed E-state index contributed by atoms with van der Waals surface area (Å²) in [6, 6.07) is 7.95. The lowest BCUT2D eigenvalue weighted by molar-refractivity contribution is 0.0371. The van der Waals surface area contributed by atoms with E-state index in [1.807, 2.05) is 0 Å². The molecule has 108 valence electrons. The summed E-state index contributed by atoms with van der Waals surface area (Å²) in [5, 5.41) is 2.67. The first-order chi connectivity index (χ1) is 10.1. The van der Waals surface area contributed by atoms with Gasteiger partial charge in [0.15, 0.2) is 0 Å². The number of hydrogen-bond donors (Lipinski definition) is 1. The lowest BCUT2D eigenvalue weighted by Crippen LogP contribution is -2.17. The molecule has 0 bridgehead atoms. The van der Waals surface area contributed by atoms with Crippen molar-refractivity contribution in [2.24, 2.45) is 0 Å². The van der Waals surface area contributed by atoms with Crippen LogP contribution in [0.2, 0.25) is 0 Å². The van der Waals surface area contributed by atoms with E-state index in [0.29, 0.717) is 5.69 Å². The molecule has 2 aromatic heterocycles. The normalized spacial score (nSPS) is 10.2. The summed E-state index contributed by atoms with van der Waals surface area (Å²) in [4.78, 5) is 31.7. The fraction of sp³-hybridized carbons (Fsp3) is 0.200. The Balaban J connectivity index is 2.13. The minimum Gasteiger partial charge on any atom is -0.458 e. The molecule has 6 heteroatoms. The summed E-state index contributed by atoms with van der Waals surface area (Å²) in [5.74, 6) is -0.955. The topological polar surface area (TPSA) is 81.2 Å². The Bertz CT molecular complexity index is 642. The molecule has 2 aromatic rings. The highest BCUT2D eigenvalue weighted by Gasteiger charge is 2.14. The first-order valence-electron chi connectivity index (χ1n) is 6.45. The molecule has 0 saturated heterocycles. The molecular weight excluding hydrogens is 270 g/mol. The van der Waals surface area contributed by atoms with Crippen LogP contribution in [0.25, 0.3) is 0 Å². The van der Waals surface area contributed by atoms with Gasteiger partial charge in [-0.2, -0.15) is 0 Å². The van der Waals surface area contributed by atoms with Gasteiger partial charge >= 0.3 is 5.97 Å². The third-order valence-electron chi connectivity index (χ3n) is 2.47. The van der Waals surface area contributed by atoms with Crippen LogP contribution >= 0.6 is 0 Å². The molecular formula is C15H15N3O3. The average Bonchev–Trinajstić information content (AvgIpc) is 2.47. The van der Waals surface area contributed by atoms with Crippen molar-refractivity contribution in [1.82, 2.24) is 9.97 Å². The molecule has 0 fully saturated rings. The van der Waals surface area contributed by atoms with E-state index in [2.05, 4.69) is 15.3 Å². The van der Waals surface area contributed by atoms with Gasteiger partial charge < -0.3 is 10.1 Å². The fourth-order valence-electron chi connectivity index (χ4n) is 1.58. The van der Waals surface area contributed by atoms with Gasteiger partial charge in [0, 0.05) is 18.1 Å². The van der Waals surface area contributed by atoms with Crippen LogP contribution in [-0.4, -0.2) is 27.9 Å². The maximum absolute atomic E-state index is 12.1. The maximum atomic E-state index is 12.1. The van der Waals surface area contributed by atoms with E-state index >= 15 is 0 Å². The van der Waals surface area contributed by atoms with E-state index < -0.39 is 11.9 Å². The number of hydrogen-bond acceptors (Lipinski definition) is 5. The maximum Gasteiger partial charge on any atom is 0.357 e. The van der Waals surface area contributed by atoms with Gasteiger partial charge in [0.1, 0.15) is 11.4 Å². The highest BCUT2D eigenvalue weighted by Crippen LogP contribution is 2.08. The molecule has 21 heavy (non-hydrogen) atoms. The van der Waals surface area contributed by atoms with Crippen LogP contribution in [-0.2, 0) is 4.74 Å². The van der Waals surface area contributed by atoms with Crippen LogP contribution in [0.4, 0.5) is 5.69 Å². The van der Waals surface area contributed by atoms with Crippen molar-refractivity contribution in [3.63, 3.8) is 0 Å². The molecule has 0 unspecified atom stereocenters. The van der Waals surface area contributed by atoms with Gasteiger partial charge in [-0.05, 0) is 38.1 Å². The number of amides is 1. The zero-order chi connectivity index (χ0) is 15.2. The number of carbonyl (C=O) groups excluding carboxylic acids is 2. The Morgan fingerprint density at radius 3 is 2.43 bits per heavy atom. The molecule has 2 rings (SSSR count). The second kappa shape index (κ2) is 6.60. The molecule has 1 N–H and O–H groups in total. The molecule has 1 amide bonds. The van der Waals surface area contributed by atoms with E-state index in [4.69, 9.17) is 4.74 Å². The molecule has 0 radical (unpaired) electrons. The van der Waals surface area contributed by atoms with Crippen molar-refractivity contribution >= 4 is 17.6 Å². The summed E-state index contributed by atoms with van der Waals surface area (Å²) in [6.07, 6.45) is 2.90. The number of nitrogens with zero attached hydrogens (tertiary/aromatic N) is 2. The molecule has 0 saturated carbocycles. The number of aromatic nitrogens is 2. The molecule has 0 aliphatic rings. The number of pyridine rings is 2. The summed E-state index contributed by atoms with van der Waals surface area (Å²) in [7, 11) is 0.